The molecule has 0 radical (unpaired) electrons. The number of aryl methyl sites for hydroxylation is 1. The second kappa shape index (κ2) is 13.8. The highest BCUT2D eigenvalue weighted by Gasteiger charge is 2.54. The first-order valence-electron chi connectivity index (χ1n) is 13.6. The van der Waals surface area contributed by atoms with E-state index in [0.717, 1.165) is 10.5 Å². The van der Waals surface area contributed by atoms with Crippen LogP contribution in [0.3, 0.4) is 0 Å². The number of aliphatic carboxylic acids is 1. The summed E-state index contributed by atoms with van der Waals surface area (Å²) in [5.74, 6) is -2.57. The summed E-state index contributed by atoms with van der Waals surface area (Å²) in [4.78, 5) is 66.8. The van der Waals surface area contributed by atoms with Gasteiger partial charge in [0.25, 0.3) is 11.8 Å². The zero-order valence-corrected chi connectivity index (χ0v) is 25.7. The van der Waals surface area contributed by atoms with Gasteiger partial charge in [0, 0.05) is 31.7 Å². The lowest BCUT2D eigenvalue weighted by Crippen LogP contribution is -2.71. The fourth-order valence-electron chi connectivity index (χ4n) is 4.64. The third kappa shape index (κ3) is 6.91. The van der Waals surface area contributed by atoms with Crippen molar-refractivity contribution < 1.29 is 29.1 Å². The van der Waals surface area contributed by atoms with Crippen molar-refractivity contribution in [2.45, 2.75) is 22.6 Å². The number of amides is 5. The minimum atomic E-state index is -1.26. The van der Waals surface area contributed by atoms with E-state index in [1.807, 2.05) is 18.2 Å². The van der Waals surface area contributed by atoms with Gasteiger partial charge in [-0.1, -0.05) is 72.4 Å². The lowest BCUT2D eigenvalue weighted by atomic mass is 10.0. The van der Waals surface area contributed by atoms with Gasteiger partial charge in [-0.2, -0.15) is 0 Å². The third-order valence-corrected chi connectivity index (χ3v) is 9.46. The Kier molecular flexibility index (Phi) is 9.63. The van der Waals surface area contributed by atoms with Crippen molar-refractivity contribution in [2.75, 3.05) is 18.6 Å². The molecule has 3 aromatic rings. The Morgan fingerprint density at radius 3 is 2.47 bits per heavy atom. The standard InChI is InChI=1S/C29H28N8O6S2/c1-35(20(38)14-13-17-9-5-3-6-10-17)28(43)31-21(18-11-7-4-8-12-18)24(39)30-22-25(40)37-23(27(41)42)19(15-44-26(22)37)16-45-29-32-33-34-36(29)2/h3-14,21-22,26H,15-16H2,1-2H3,(H,30,39)(H,31,43)(H,41,42)/t21?,22?,26-/m0/s1. The van der Waals surface area contributed by atoms with Gasteiger partial charge >= 0.3 is 12.0 Å². The van der Waals surface area contributed by atoms with E-state index < -0.39 is 47.2 Å². The molecule has 0 aliphatic carbocycles. The van der Waals surface area contributed by atoms with Crippen LogP contribution in [0.1, 0.15) is 17.2 Å². The molecule has 1 fully saturated rings. The molecule has 1 aromatic heterocycles. The highest BCUT2D eigenvalue weighted by atomic mass is 32.2. The summed E-state index contributed by atoms with van der Waals surface area (Å²) >= 11 is 2.57. The number of benzene rings is 2. The van der Waals surface area contributed by atoms with Crippen LogP contribution in [0, 0.1) is 0 Å². The number of hydrogen-bond acceptors (Lipinski definition) is 10. The molecule has 0 saturated carbocycles. The average molecular weight is 649 g/mol. The normalized spacial score (nSPS) is 18.2. The molecule has 2 aliphatic rings. The molecule has 3 heterocycles. The Morgan fingerprint density at radius 2 is 1.82 bits per heavy atom. The number of rotatable bonds is 10. The summed E-state index contributed by atoms with van der Waals surface area (Å²) in [6.07, 6.45) is 2.82. The Balaban J connectivity index is 1.27. The SMILES string of the molecule is CN(C(=O)C=Cc1ccccc1)C(=O)NC(C(=O)NC1C(=O)N2C(C(=O)O)=C(CSc3nnnn3C)CS[C@@H]12)c1ccccc1. The smallest absolute Gasteiger partial charge is 0.352 e. The van der Waals surface area contributed by atoms with Crippen molar-refractivity contribution in [3.05, 3.63) is 89.1 Å². The Hall–Kier alpha value is -4.96. The van der Waals surface area contributed by atoms with Crippen LogP contribution in [0.4, 0.5) is 4.79 Å². The monoisotopic (exact) mass is 648 g/mol. The summed E-state index contributed by atoms with van der Waals surface area (Å²) < 4.78 is 1.46. The number of carbonyl (C=O) groups excluding carboxylic acids is 4. The summed E-state index contributed by atoms with van der Waals surface area (Å²) in [5, 5.41) is 26.3. The van der Waals surface area contributed by atoms with E-state index in [1.54, 1.807) is 55.6 Å². The molecule has 2 aromatic carbocycles. The number of fused-ring (bicyclic) bond motifs is 1. The van der Waals surface area contributed by atoms with E-state index in [4.69, 9.17) is 0 Å². The van der Waals surface area contributed by atoms with Crippen molar-refractivity contribution in [3.63, 3.8) is 0 Å². The molecular weight excluding hydrogens is 621 g/mol. The first kappa shape index (κ1) is 31.5. The fourth-order valence-corrected chi connectivity index (χ4v) is 6.97. The van der Waals surface area contributed by atoms with Crippen LogP contribution >= 0.6 is 23.5 Å². The number of urea groups is 1. The van der Waals surface area contributed by atoms with E-state index in [-0.39, 0.29) is 11.4 Å². The van der Waals surface area contributed by atoms with Crippen LogP contribution in [0.15, 0.2) is 83.2 Å². The number of nitrogens with one attached hydrogen (secondary N) is 2. The molecule has 2 aliphatic heterocycles. The highest BCUT2D eigenvalue weighted by molar-refractivity contribution is 8.01. The molecule has 0 spiro atoms. The van der Waals surface area contributed by atoms with Gasteiger partial charge in [0.15, 0.2) is 0 Å². The van der Waals surface area contributed by atoms with Crippen LogP contribution in [0.5, 0.6) is 0 Å². The number of β-lactam (4-membered cyclic amide) rings is 1. The molecule has 5 amide bonds. The summed E-state index contributed by atoms with van der Waals surface area (Å²) in [5.41, 5.74) is 1.59. The van der Waals surface area contributed by atoms with Gasteiger partial charge in [0.1, 0.15) is 23.2 Å². The van der Waals surface area contributed by atoms with Crippen molar-refractivity contribution in [3.8, 4) is 0 Å². The van der Waals surface area contributed by atoms with Crippen LogP contribution in [0.2, 0.25) is 0 Å². The second-order valence-corrected chi connectivity index (χ2v) is 12.0. The molecule has 5 rings (SSSR count). The van der Waals surface area contributed by atoms with Gasteiger partial charge in [0.2, 0.25) is 11.1 Å². The number of nitrogens with zero attached hydrogens (tertiary/aromatic N) is 6. The number of hydrogen-bond donors (Lipinski definition) is 3. The first-order valence-corrected chi connectivity index (χ1v) is 15.6. The maximum atomic E-state index is 13.6. The largest absolute Gasteiger partial charge is 0.477 e. The molecule has 232 valence electrons. The number of carboxylic acids is 1. The van der Waals surface area contributed by atoms with Crippen LogP contribution in [0.25, 0.3) is 6.08 Å². The summed E-state index contributed by atoms with van der Waals surface area (Å²) in [7, 11) is 2.95. The first-order chi connectivity index (χ1) is 21.7. The maximum absolute atomic E-state index is 13.6. The zero-order chi connectivity index (χ0) is 32.1. The van der Waals surface area contributed by atoms with E-state index in [0.29, 0.717) is 22.0 Å². The molecule has 0 bridgehead atoms. The third-order valence-electron chi connectivity index (χ3n) is 7.02. The Labute approximate surface area is 265 Å². The van der Waals surface area contributed by atoms with Gasteiger partial charge in [0.05, 0.1) is 0 Å². The number of imide groups is 1. The zero-order valence-electron chi connectivity index (χ0n) is 24.1. The molecule has 3 N–H and O–H groups in total. The van der Waals surface area contributed by atoms with Crippen LogP contribution in [-0.4, -0.2) is 94.8 Å². The maximum Gasteiger partial charge on any atom is 0.352 e. The number of likely N-dealkylation sites (N-methyl/N-ethyl adjacent to an activating group) is 1. The fraction of sp³-hybridized carbons (Fsp3) is 0.241. The number of aromatic nitrogens is 4. The molecule has 14 nitrogen and oxygen atoms in total. The van der Waals surface area contributed by atoms with Gasteiger partial charge in [-0.05, 0) is 33.2 Å². The molecule has 16 heteroatoms. The Bertz CT molecular complexity index is 1680. The molecule has 1 saturated heterocycles. The molecule has 45 heavy (non-hydrogen) atoms. The van der Waals surface area contributed by atoms with E-state index in [1.165, 1.54) is 46.2 Å². The van der Waals surface area contributed by atoms with Crippen molar-refractivity contribution in [1.29, 1.82) is 0 Å². The number of carboxylic acid groups (broad SMARTS) is 1. The summed E-state index contributed by atoms with van der Waals surface area (Å²) in [6.45, 7) is 0. The van der Waals surface area contributed by atoms with Crippen LogP contribution < -0.4 is 10.6 Å². The predicted octanol–water partition coefficient (Wildman–Crippen LogP) is 1.66. The molecule has 3 atom stereocenters. The van der Waals surface area contributed by atoms with Crippen LogP contribution in [-0.2, 0) is 26.2 Å². The van der Waals surface area contributed by atoms with E-state index in [2.05, 4.69) is 26.2 Å². The topological polar surface area (TPSA) is 180 Å². The van der Waals surface area contributed by atoms with Gasteiger partial charge < -0.3 is 15.7 Å². The van der Waals surface area contributed by atoms with Crippen molar-refractivity contribution in [2.24, 2.45) is 7.05 Å². The second-order valence-electron chi connectivity index (χ2n) is 9.96. The number of thioether (sulfide) groups is 2. The number of tetrazole rings is 1. The number of carbonyl (C=O) groups is 5. The Morgan fingerprint density at radius 1 is 1.13 bits per heavy atom. The minimum absolute atomic E-state index is 0.131. The van der Waals surface area contributed by atoms with Gasteiger partial charge in [-0.25, -0.2) is 14.3 Å². The predicted molar refractivity (Wildman–Crippen MR) is 165 cm³/mol. The lowest BCUT2D eigenvalue weighted by molar-refractivity contribution is -0.151. The van der Waals surface area contributed by atoms with Gasteiger partial charge in [-0.15, -0.1) is 16.9 Å². The highest BCUT2D eigenvalue weighted by Crippen LogP contribution is 2.41. The lowest BCUT2D eigenvalue weighted by Gasteiger charge is -2.49. The molecular formula is C29H28N8O6S2. The molecule has 2 unspecified atom stereocenters. The van der Waals surface area contributed by atoms with E-state index in [9.17, 15) is 29.1 Å². The minimum Gasteiger partial charge on any atom is -0.477 e. The summed E-state index contributed by atoms with van der Waals surface area (Å²) in [6, 6.07) is 14.4. The van der Waals surface area contributed by atoms with E-state index >= 15 is 0 Å². The average Bonchev–Trinajstić information content (AvgIpc) is 3.47. The van der Waals surface area contributed by atoms with Crippen molar-refractivity contribution in [1.82, 2.24) is 40.6 Å². The van der Waals surface area contributed by atoms with Crippen molar-refractivity contribution >= 4 is 59.3 Å². The quantitative estimate of drug-likeness (QED) is 0.165. The van der Waals surface area contributed by atoms with Gasteiger partial charge in [-0.3, -0.25) is 24.2 Å².